The Hall–Kier alpha value is -1.85. The molecule has 0 saturated heterocycles. The van der Waals surface area contributed by atoms with E-state index in [1.807, 2.05) is 25.3 Å². The molecule has 0 bridgehead atoms. The Bertz CT molecular complexity index is 583. The quantitative estimate of drug-likeness (QED) is 0.889. The number of carbonyl (C=O) groups is 1. The number of nitrogens with two attached hydrogens (primary N) is 1. The van der Waals surface area contributed by atoms with Gasteiger partial charge in [-0.15, -0.1) is 0 Å². The number of anilines is 1. The van der Waals surface area contributed by atoms with Crippen molar-refractivity contribution in [3.8, 4) is 5.69 Å². The first-order chi connectivity index (χ1) is 9.61. The molecular formula is C14H17ClN4O. The lowest BCUT2D eigenvalue weighted by molar-refractivity contribution is -0.119. The molecule has 1 heterocycles. The fraction of sp³-hybridized carbons (Fsp3) is 0.286. The Labute approximate surface area is 122 Å². The molecule has 0 spiro atoms. The second kappa shape index (κ2) is 6.54. The lowest BCUT2D eigenvalue weighted by atomic mass is 10.1. The Morgan fingerprint density at radius 2 is 2.35 bits per heavy atom. The molecule has 2 rings (SSSR count). The van der Waals surface area contributed by atoms with Crippen LogP contribution in [0.4, 0.5) is 5.69 Å². The van der Waals surface area contributed by atoms with E-state index in [9.17, 15) is 4.79 Å². The number of nitrogens with one attached hydrogen (secondary N) is 1. The molecule has 0 fully saturated rings. The molecule has 2 aromatic rings. The normalized spacial score (nSPS) is 12.2. The molecule has 0 saturated carbocycles. The average Bonchev–Trinajstić information content (AvgIpc) is 2.93. The van der Waals surface area contributed by atoms with Crippen LogP contribution in [0.2, 0.25) is 5.02 Å². The van der Waals surface area contributed by atoms with Crippen LogP contribution in [0.1, 0.15) is 13.3 Å². The summed E-state index contributed by atoms with van der Waals surface area (Å²) in [5.74, 6) is -0.226. The van der Waals surface area contributed by atoms with Gasteiger partial charge in [-0.1, -0.05) is 18.5 Å². The summed E-state index contributed by atoms with van der Waals surface area (Å²) in [6.07, 6.45) is 4.13. The third kappa shape index (κ3) is 3.37. The van der Waals surface area contributed by atoms with Gasteiger partial charge in [0.15, 0.2) is 0 Å². The van der Waals surface area contributed by atoms with E-state index in [2.05, 4.69) is 10.4 Å². The third-order valence-electron chi connectivity index (χ3n) is 3.01. The highest BCUT2D eigenvalue weighted by Gasteiger charge is 2.15. The highest BCUT2D eigenvalue weighted by Crippen LogP contribution is 2.24. The lowest BCUT2D eigenvalue weighted by Gasteiger charge is -2.14. The maximum atomic E-state index is 12.1. The van der Waals surface area contributed by atoms with Crippen molar-refractivity contribution in [2.75, 3.05) is 11.9 Å². The van der Waals surface area contributed by atoms with Crippen molar-refractivity contribution >= 4 is 23.2 Å². The fourth-order valence-electron chi connectivity index (χ4n) is 1.86. The number of hydrogen-bond acceptors (Lipinski definition) is 3. The first kappa shape index (κ1) is 14.6. The van der Waals surface area contributed by atoms with Crippen LogP contribution in [0, 0.1) is 5.92 Å². The molecule has 1 amide bonds. The molecule has 0 aliphatic carbocycles. The molecule has 20 heavy (non-hydrogen) atoms. The number of hydrogen-bond donors (Lipinski definition) is 2. The van der Waals surface area contributed by atoms with Crippen molar-refractivity contribution < 1.29 is 4.79 Å². The molecule has 1 atom stereocenters. The minimum Gasteiger partial charge on any atom is -0.330 e. The Morgan fingerprint density at radius 3 is 3.00 bits per heavy atom. The number of carbonyl (C=O) groups excluding carboxylic acids is 1. The summed E-state index contributed by atoms with van der Waals surface area (Å²) in [7, 11) is 0. The van der Waals surface area contributed by atoms with Crippen molar-refractivity contribution in [1.29, 1.82) is 0 Å². The molecule has 5 nitrogen and oxygen atoms in total. The van der Waals surface area contributed by atoms with Crippen LogP contribution in [0.25, 0.3) is 5.69 Å². The summed E-state index contributed by atoms with van der Waals surface area (Å²) in [5.41, 5.74) is 6.88. The molecule has 1 unspecified atom stereocenters. The Balaban J connectivity index is 2.26. The number of nitrogens with zero attached hydrogens (tertiary/aromatic N) is 2. The van der Waals surface area contributed by atoms with Gasteiger partial charge in [-0.25, -0.2) is 4.68 Å². The second-order valence-electron chi connectivity index (χ2n) is 4.58. The van der Waals surface area contributed by atoms with E-state index < -0.39 is 0 Å². The van der Waals surface area contributed by atoms with E-state index in [-0.39, 0.29) is 11.8 Å². The third-order valence-corrected chi connectivity index (χ3v) is 3.25. The van der Waals surface area contributed by atoms with E-state index in [1.54, 1.807) is 23.0 Å². The van der Waals surface area contributed by atoms with Crippen LogP contribution in [-0.2, 0) is 4.79 Å². The van der Waals surface area contributed by atoms with Gasteiger partial charge in [-0.2, -0.15) is 5.10 Å². The van der Waals surface area contributed by atoms with Crippen molar-refractivity contribution in [3.05, 3.63) is 41.7 Å². The fourth-order valence-corrected chi connectivity index (χ4v) is 2.03. The number of amides is 1. The first-order valence-corrected chi connectivity index (χ1v) is 6.80. The summed E-state index contributed by atoms with van der Waals surface area (Å²) in [6.45, 7) is 2.33. The smallest absolute Gasteiger partial charge is 0.227 e. The van der Waals surface area contributed by atoms with Crippen molar-refractivity contribution in [3.63, 3.8) is 0 Å². The van der Waals surface area contributed by atoms with Crippen molar-refractivity contribution in [2.24, 2.45) is 11.7 Å². The molecule has 3 N–H and O–H groups in total. The van der Waals surface area contributed by atoms with Gasteiger partial charge in [0.1, 0.15) is 0 Å². The molecule has 0 radical (unpaired) electrons. The molecule has 0 aliphatic heterocycles. The zero-order valence-electron chi connectivity index (χ0n) is 11.2. The molecule has 6 heteroatoms. The van der Waals surface area contributed by atoms with Crippen LogP contribution in [0.15, 0.2) is 36.7 Å². The largest absolute Gasteiger partial charge is 0.330 e. The minimum atomic E-state index is -0.149. The standard InChI is InChI=1S/C14H17ClN4O/c1-10(5-6-16)14(20)18-12-9-11(15)3-4-13(12)19-8-2-7-17-19/h2-4,7-10H,5-6,16H2,1H3,(H,18,20). The predicted molar refractivity (Wildman–Crippen MR) is 80.0 cm³/mol. The number of benzene rings is 1. The van der Waals surface area contributed by atoms with Crippen LogP contribution in [0.3, 0.4) is 0 Å². The molecule has 0 aliphatic rings. The summed E-state index contributed by atoms with van der Waals surface area (Å²) < 4.78 is 1.68. The van der Waals surface area contributed by atoms with Crippen LogP contribution >= 0.6 is 11.6 Å². The van der Waals surface area contributed by atoms with Gasteiger partial charge in [-0.05, 0) is 37.2 Å². The lowest BCUT2D eigenvalue weighted by Crippen LogP contribution is -2.23. The number of aromatic nitrogens is 2. The maximum absolute atomic E-state index is 12.1. The topological polar surface area (TPSA) is 72.9 Å². The molecule has 106 valence electrons. The number of halogens is 1. The molecular weight excluding hydrogens is 276 g/mol. The Morgan fingerprint density at radius 1 is 1.55 bits per heavy atom. The van der Waals surface area contributed by atoms with Gasteiger partial charge >= 0.3 is 0 Å². The van der Waals surface area contributed by atoms with Crippen LogP contribution in [0.5, 0.6) is 0 Å². The number of rotatable bonds is 5. The zero-order valence-corrected chi connectivity index (χ0v) is 12.0. The first-order valence-electron chi connectivity index (χ1n) is 6.42. The zero-order chi connectivity index (χ0) is 14.5. The van der Waals surface area contributed by atoms with Gasteiger partial charge < -0.3 is 11.1 Å². The van der Waals surface area contributed by atoms with Crippen molar-refractivity contribution in [2.45, 2.75) is 13.3 Å². The van der Waals surface area contributed by atoms with E-state index in [0.717, 1.165) is 5.69 Å². The highest BCUT2D eigenvalue weighted by molar-refractivity contribution is 6.31. The van der Waals surface area contributed by atoms with Gasteiger partial charge in [-0.3, -0.25) is 4.79 Å². The monoisotopic (exact) mass is 292 g/mol. The molecule has 1 aromatic heterocycles. The summed E-state index contributed by atoms with van der Waals surface area (Å²) >= 11 is 6.00. The van der Waals surface area contributed by atoms with E-state index in [4.69, 9.17) is 17.3 Å². The highest BCUT2D eigenvalue weighted by atomic mass is 35.5. The summed E-state index contributed by atoms with van der Waals surface area (Å²) in [4.78, 5) is 12.1. The summed E-state index contributed by atoms with van der Waals surface area (Å²) in [5, 5.41) is 7.61. The maximum Gasteiger partial charge on any atom is 0.227 e. The SMILES string of the molecule is CC(CCN)C(=O)Nc1cc(Cl)ccc1-n1cccn1. The van der Waals surface area contributed by atoms with Gasteiger partial charge in [0, 0.05) is 23.3 Å². The van der Waals surface area contributed by atoms with E-state index >= 15 is 0 Å². The molecule has 1 aromatic carbocycles. The van der Waals surface area contributed by atoms with E-state index in [0.29, 0.717) is 23.7 Å². The summed E-state index contributed by atoms with van der Waals surface area (Å²) in [6, 6.07) is 7.11. The van der Waals surface area contributed by atoms with Gasteiger partial charge in [0.05, 0.1) is 11.4 Å². The Kier molecular flexibility index (Phi) is 4.76. The minimum absolute atomic E-state index is 0.0777. The second-order valence-corrected chi connectivity index (χ2v) is 5.02. The van der Waals surface area contributed by atoms with E-state index in [1.165, 1.54) is 0 Å². The predicted octanol–water partition coefficient (Wildman–Crippen LogP) is 2.45. The van der Waals surface area contributed by atoms with Crippen LogP contribution < -0.4 is 11.1 Å². The van der Waals surface area contributed by atoms with Gasteiger partial charge in [0.25, 0.3) is 0 Å². The van der Waals surface area contributed by atoms with Crippen molar-refractivity contribution in [1.82, 2.24) is 9.78 Å². The van der Waals surface area contributed by atoms with Gasteiger partial charge in [0.2, 0.25) is 5.91 Å². The average molecular weight is 293 g/mol. The van der Waals surface area contributed by atoms with Crippen LogP contribution in [-0.4, -0.2) is 22.2 Å².